The number of hydrogen-bond acceptors (Lipinski definition) is 2. The van der Waals surface area contributed by atoms with Crippen molar-refractivity contribution in [1.82, 2.24) is 4.90 Å². The van der Waals surface area contributed by atoms with Crippen LogP contribution in [0.3, 0.4) is 0 Å². The Morgan fingerprint density at radius 2 is 1.88 bits per heavy atom. The number of hydrogen-bond donors (Lipinski definition) is 1. The molecule has 2 N–H and O–H groups in total. The number of carbonyl (C=O) groups is 2. The molecule has 2 rings (SSSR count). The summed E-state index contributed by atoms with van der Waals surface area (Å²) in [6, 6.07) is 3.50. The minimum atomic E-state index is -0.958. The quantitative estimate of drug-likeness (QED) is 0.833. The van der Waals surface area contributed by atoms with E-state index < -0.39 is 17.5 Å². The molecule has 4 nitrogen and oxygen atoms in total. The number of carbonyl (C=O) groups excluding carboxylic acids is 2. The van der Waals surface area contributed by atoms with Crippen LogP contribution < -0.4 is 5.73 Å². The second-order valence-electron chi connectivity index (χ2n) is 5.26. The molecule has 1 aliphatic rings. The highest BCUT2D eigenvalue weighted by molar-refractivity contribution is 5.81. The average molecular weight is 354 g/mol. The summed E-state index contributed by atoms with van der Waals surface area (Å²) >= 11 is 0. The van der Waals surface area contributed by atoms with Gasteiger partial charge in [-0.3, -0.25) is 9.59 Å². The first-order valence-electron chi connectivity index (χ1n) is 8.48. The predicted octanol–water partition coefficient (Wildman–Crippen LogP) is 3.94. The second-order valence-corrected chi connectivity index (χ2v) is 5.26. The van der Waals surface area contributed by atoms with Crippen molar-refractivity contribution in [3.63, 3.8) is 0 Å². The van der Waals surface area contributed by atoms with E-state index in [1.165, 1.54) is 17.0 Å². The van der Waals surface area contributed by atoms with Crippen molar-refractivity contribution in [2.24, 2.45) is 5.73 Å². The van der Waals surface area contributed by atoms with Gasteiger partial charge in [0.1, 0.15) is 0 Å². The minimum Gasteiger partial charge on any atom is -0.370 e. The Morgan fingerprint density at radius 3 is 2.40 bits per heavy atom. The lowest BCUT2D eigenvalue weighted by atomic mass is 10.1. The van der Waals surface area contributed by atoms with Gasteiger partial charge < -0.3 is 10.6 Å². The molecule has 1 unspecified atom stereocenters. The summed E-state index contributed by atoms with van der Waals surface area (Å²) in [5.74, 6) is -2.59. The highest BCUT2D eigenvalue weighted by Gasteiger charge is 2.32. The zero-order chi connectivity index (χ0) is 19.4. The number of amides is 2. The van der Waals surface area contributed by atoms with Crippen molar-refractivity contribution in [3.8, 4) is 0 Å². The zero-order valence-corrected chi connectivity index (χ0v) is 15.4. The number of primary amides is 1. The first kappa shape index (κ1) is 22.8. The van der Waals surface area contributed by atoms with Gasteiger partial charge in [-0.1, -0.05) is 38.1 Å². The summed E-state index contributed by atoms with van der Waals surface area (Å²) in [6.45, 7) is 7.96. The van der Waals surface area contributed by atoms with Crippen LogP contribution in [0.4, 0.5) is 8.78 Å². The summed E-state index contributed by atoms with van der Waals surface area (Å²) < 4.78 is 26.7. The lowest BCUT2D eigenvalue weighted by Gasteiger charge is -2.24. The molecule has 0 saturated carbocycles. The minimum absolute atomic E-state index is 0.0413. The van der Waals surface area contributed by atoms with Crippen molar-refractivity contribution in [2.75, 3.05) is 0 Å². The number of nitrogens with two attached hydrogens (primary N) is 1. The topological polar surface area (TPSA) is 63.4 Å². The fourth-order valence-electron chi connectivity index (χ4n) is 2.31. The molecule has 1 saturated heterocycles. The van der Waals surface area contributed by atoms with E-state index in [0.29, 0.717) is 12.8 Å². The van der Waals surface area contributed by atoms with Crippen LogP contribution in [0, 0.1) is 11.6 Å². The number of nitrogens with zero attached hydrogens (tertiary/aromatic N) is 1. The first-order valence-corrected chi connectivity index (χ1v) is 8.48. The molecule has 1 aromatic rings. The lowest BCUT2D eigenvalue weighted by molar-refractivity contribution is -0.130. The molecule has 0 aliphatic carbocycles. The van der Waals surface area contributed by atoms with Crippen molar-refractivity contribution >= 4 is 11.8 Å². The SMILES string of the molecule is C/C=C\C.CC.NC(=O)CC1CCC(=O)N1Cc1cccc(F)c1F. The first-order chi connectivity index (χ1) is 11.9. The zero-order valence-electron chi connectivity index (χ0n) is 15.4. The van der Waals surface area contributed by atoms with E-state index in [1.54, 1.807) is 0 Å². The summed E-state index contributed by atoms with van der Waals surface area (Å²) in [4.78, 5) is 24.0. The van der Waals surface area contributed by atoms with Gasteiger partial charge in [-0.2, -0.15) is 0 Å². The third-order valence-corrected chi connectivity index (χ3v) is 3.59. The van der Waals surface area contributed by atoms with E-state index in [-0.39, 0.29) is 30.5 Å². The molecule has 0 aromatic heterocycles. The third kappa shape index (κ3) is 7.45. The molecule has 1 fully saturated rings. The fourth-order valence-corrected chi connectivity index (χ4v) is 2.31. The van der Waals surface area contributed by atoms with Crippen molar-refractivity contribution in [3.05, 3.63) is 47.5 Å². The van der Waals surface area contributed by atoms with E-state index in [9.17, 15) is 18.4 Å². The van der Waals surface area contributed by atoms with Gasteiger partial charge in [0.2, 0.25) is 11.8 Å². The van der Waals surface area contributed by atoms with Crippen LogP contribution in [-0.4, -0.2) is 22.8 Å². The molecule has 25 heavy (non-hydrogen) atoms. The molecule has 1 aliphatic heterocycles. The number of halogens is 2. The molecule has 1 aromatic carbocycles. The Morgan fingerprint density at radius 1 is 1.28 bits per heavy atom. The smallest absolute Gasteiger partial charge is 0.223 e. The summed E-state index contributed by atoms with van der Waals surface area (Å²) in [5.41, 5.74) is 5.22. The van der Waals surface area contributed by atoms with Crippen LogP contribution in [0.2, 0.25) is 0 Å². The number of allylic oxidation sites excluding steroid dienone is 2. The van der Waals surface area contributed by atoms with E-state index in [1.807, 2.05) is 39.8 Å². The maximum Gasteiger partial charge on any atom is 0.223 e. The van der Waals surface area contributed by atoms with Crippen molar-refractivity contribution in [2.45, 2.75) is 59.5 Å². The lowest BCUT2D eigenvalue weighted by Crippen LogP contribution is -2.35. The molecular formula is C19H28F2N2O2. The van der Waals surface area contributed by atoms with Gasteiger partial charge in [-0.05, 0) is 26.3 Å². The van der Waals surface area contributed by atoms with Crippen LogP contribution in [0.1, 0.15) is 52.5 Å². The van der Waals surface area contributed by atoms with Crippen LogP contribution in [0.15, 0.2) is 30.4 Å². The standard InChI is InChI=1S/C13H14F2N2O2.C4H8.C2H6/c14-10-3-1-2-8(13(10)15)7-17-9(6-11(16)18)4-5-12(17)19;1-3-4-2;1-2/h1-3,9H,4-7H2,(H2,16,18);3-4H,1-2H3;1-2H3/b;4-3-;. The highest BCUT2D eigenvalue weighted by Crippen LogP contribution is 2.25. The summed E-state index contributed by atoms with van der Waals surface area (Å²) in [6.07, 6.45) is 4.86. The Labute approximate surface area is 148 Å². The number of likely N-dealkylation sites (tertiary alicyclic amines) is 1. The molecule has 0 bridgehead atoms. The molecular weight excluding hydrogens is 326 g/mol. The van der Waals surface area contributed by atoms with Gasteiger partial charge in [0.15, 0.2) is 11.6 Å². The number of rotatable bonds is 4. The van der Waals surface area contributed by atoms with Crippen LogP contribution in [0.25, 0.3) is 0 Å². The molecule has 0 spiro atoms. The molecule has 140 valence electrons. The maximum atomic E-state index is 13.6. The predicted molar refractivity (Wildman–Crippen MR) is 95.6 cm³/mol. The van der Waals surface area contributed by atoms with Gasteiger partial charge in [-0.15, -0.1) is 0 Å². The summed E-state index contributed by atoms with van der Waals surface area (Å²) in [5, 5.41) is 0. The average Bonchev–Trinajstić information content (AvgIpc) is 2.93. The Hall–Kier alpha value is -2.24. The Balaban J connectivity index is 0.000000845. The Kier molecular flexibility index (Phi) is 11.1. The molecule has 6 heteroatoms. The van der Waals surface area contributed by atoms with Crippen molar-refractivity contribution < 1.29 is 18.4 Å². The van der Waals surface area contributed by atoms with Crippen LogP contribution in [-0.2, 0) is 16.1 Å². The number of benzene rings is 1. The van der Waals surface area contributed by atoms with E-state index in [0.717, 1.165) is 6.07 Å². The van der Waals surface area contributed by atoms with E-state index in [4.69, 9.17) is 5.73 Å². The van der Waals surface area contributed by atoms with Crippen LogP contribution in [0.5, 0.6) is 0 Å². The second kappa shape index (κ2) is 12.2. The molecule has 2 amide bonds. The van der Waals surface area contributed by atoms with Gasteiger partial charge in [0, 0.05) is 31.0 Å². The summed E-state index contributed by atoms with van der Waals surface area (Å²) in [7, 11) is 0. The van der Waals surface area contributed by atoms with Gasteiger partial charge in [0.05, 0.1) is 0 Å². The monoisotopic (exact) mass is 354 g/mol. The van der Waals surface area contributed by atoms with E-state index >= 15 is 0 Å². The molecule has 1 atom stereocenters. The van der Waals surface area contributed by atoms with Gasteiger partial charge >= 0.3 is 0 Å². The van der Waals surface area contributed by atoms with E-state index in [2.05, 4.69) is 0 Å². The normalized spacial score (nSPS) is 16.2. The Bertz CT molecular complexity index is 585. The van der Waals surface area contributed by atoms with Crippen LogP contribution >= 0.6 is 0 Å². The maximum absolute atomic E-state index is 13.6. The highest BCUT2D eigenvalue weighted by atomic mass is 19.2. The third-order valence-electron chi connectivity index (χ3n) is 3.59. The van der Waals surface area contributed by atoms with Gasteiger partial charge in [-0.25, -0.2) is 8.78 Å². The van der Waals surface area contributed by atoms with Gasteiger partial charge in [0.25, 0.3) is 0 Å². The molecule has 0 radical (unpaired) electrons. The van der Waals surface area contributed by atoms with Crippen molar-refractivity contribution in [1.29, 1.82) is 0 Å². The molecule has 1 heterocycles. The fraction of sp³-hybridized carbons (Fsp3) is 0.474. The largest absolute Gasteiger partial charge is 0.370 e.